The monoisotopic (exact) mass is 478 g/mol. The Morgan fingerprint density at radius 3 is 2.53 bits per heavy atom. The first-order chi connectivity index (χ1) is 15.3. The highest BCUT2D eigenvalue weighted by Gasteiger charge is 2.29. The largest absolute Gasteiger partial charge is 0.379 e. The fourth-order valence-corrected chi connectivity index (χ4v) is 5.00. The van der Waals surface area contributed by atoms with Crippen molar-refractivity contribution in [1.82, 2.24) is 14.1 Å². The first kappa shape index (κ1) is 22.4. The fourth-order valence-electron chi connectivity index (χ4n) is 3.38. The van der Waals surface area contributed by atoms with Crippen molar-refractivity contribution in [3.05, 3.63) is 70.8 Å². The topological polar surface area (TPSA) is 93.5 Å². The summed E-state index contributed by atoms with van der Waals surface area (Å²) < 4.78 is 48.0. The van der Waals surface area contributed by atoms with E-state index in [1.807, 2.05) is 0 Å². The van der Waals surface area contributed by atoms with Gasteiger partial charge in [-0.2, -0.15) is 9.40 Å². The first-order valence-corrected chi connectivity index (χ1v) is 11.6. The molecule has 11 heteroatoms. The van der Waals surface area contributed by atoms with Crippen LogP contribution in [0.4, 0.5) is 10.1 Å². The van der Waals surface area contributed by atoms with E-state index >= 15 is 0 Å². The molecule has 1 amide bonds. The van der Waals surface area contributed by atoms with Gasteiger partial charge in [-0.05, 0) is 49.4 Å². The Bertz CT molecular complexity index is 1260. The molecule has 0 bridgehead atoms. The number of hydrogen-bond donors (Lipinski definition) is 1. The lowest BCUT2D eigenvalue weighted by molar-refractivity contribution is 0.0729. The molecule has 0 saturated carbocycles. The van der Waals surface area contributed by atoms with Crippen LogP contribution in [-0.4, -0.2) is 54.7 Å². The summed E-state index contributed by atoms with van der Waals surface area (Å²) in [5.41, 5.74) is 1.75. The molecular formula is C21H20ClFN4O4S. The van der Waals surface area contributed by atoms with E-state index in [1.54, 1.807) is 35.9 Å². The van der Waals surface area contributed by atoms with Crippen LogP contribution in [0, 0.1) is 12.7 Å². The highest BCUT2D eigenvalue weighted by atomic mass is 35.5. The number of anilines is 1. The zero-order valence-electron chi connectivity index (χ0n) is 17.1. The second-order valence-electron chi connectivity index (χ2n) is 7.15. The number of benzene rings is 2. The van der Waals surface area contributed by atoms with Crippen molar-refractivity contribution in [2.75, 3.05) is 31.6 Å². The highest BCUT2D eigenvalue weighted by molar-refractivity contribution is 7.89. The third-order valence-electron chi connectivity index (χ3n) is 5.10. The molecule has 1 saturated heterocycles. The maximum Gasteiger partial charge on any atom is 0.259 e. The Hall–Kier alpha value is -2.79. The first-order valence-electron chi connectivity index (χ1n) is 9.77. The van der Waals surface area contributed by atoms with E-state index in [0.717, 1.165) is 17.8 Å². The molecule has 4 rings (SSSR count). The van der Waals surface area contributed by atoms with Gasteiger partial charge in [-0.1, -0.05) is 11.6 Å². The van der Waals surface area contributed by atoms with Crippen LogP contribution < -0.4 is 5.32 Å². The lowest BCUT2D eigenvalue weighted by Gasteiger charge is -2.26. The minimum Gasteiger partial charge on any atom is -0.379 e. The molecular weight excluding hydrogens is 459 g/mol. The summed E-state index contributed by atoms with van der Waals surface area (Å²) in [6, 6.07) is 10.4. The third kappa shape index (κ3) is 4.40. The van der Waals surface area contributed by atoms with E-state index in [0.29, 0.717) is 16.3 Å². The Balaban J connectivity index is 1.58. The highest BCUT2D eigenvalue weighted by Crippen LogP contribution is 2.25. The molecule has 168 valence electrons. The maximum atomic E-state index is 14.4. The van der Waals surface area contributed by atoms with Gasteiger partial charge >= 0.3 is 0 Å². The quantitative estimate of drug-likeness (QED) is 0.607. The van der Waals surface area contributed by atoms with Crippen LogP contribution in [0.15, 0.2) is 53.6 Å². The number of rotatable bonds is 5. The summed E-state index contributed by atoms with van der Waals surface area (Å²) in [7, 11) is -4.06. The second-order valence-corrected chi connectivity index (χ2v) is 9.49. The molecule has 1 aliphatic rings. The number of amides is 1. The molecule has 0 atom stereocenters. The predicted molar refractivity (Wildman–Crippen MR) is 117 cm³/mol. The van der Waals surface area contributed by atoms with Crippen molar-refractivity contribution in [2.24, 2.45) is 0 Å². The van der Waals surface area contributed by atoms with Gasteiger partial charge in [-0.25, -0.2) is 17.5 Å². The standard InChI is InChI=1S/C21H20ClFN4O4S/c1-14-18(13-24-27(14)17-5-2-15(22)3-6-17)21(28)25-16-4-7-19(23)20(12-16)32(29,30)26-8-10-31-11-9-26/h2-7,12-13H,8-11H2,1H3,(H,25,28). The number of hydrogen-bond acceptors (Lipinski definition) is 5. The van der Waals surface area contributed by atoms with E-state index in [2.05, 4.69) is 10.4 Å². The van der Waals surface area contributed by atoms with Crippen LogP contribution in [0.1, 0.15) is 16.1 Å². The summed E-state index contributed by atoms with van der Waals surface area (Å²) in [6.45, 7) is 2.50. The number of ether oxygens (including phenoxy) is 1. The van der Waals surface area contributed by atoms with Crippen molar-refractivity contribution in [3.8, 4) is 5.69 Å². The summed E-state index contributed by atoms with van der Waals surface area (Å²) >= 11 is 5.92. The number of morpholine rings is 1. The molecule has 1 fully saturated rings. The third-order valence-corrected chi connectivity index (χ3v) is 7.27. The maximum absolute atomic E-state index is 14.4. The molecule has 0 spiro atoms. The van der Waals surface area contributed by atoms with Gasteiger partial charge in [0, 0.05) is 23.8 Å². The van der Waals surface area contributed by atoms with Gasteiger partial charge < -0.3 is 10.1 Å². The number of nitrogens with zero attached hydrogens (tertiary/aromatic N) is 3. The van der Waals surface area contributed by atoms with E-state index in [1.165, 1.54) is 16.6 Å². The lowest BCUT2D eigenvalue weighted by Crippen LogP contribution is -2.40. The van der Waals surface area contributed by atoms with Crippen LogP contribution >= 0.6 is 11.6 Å². The number of carbonyl (C=O) groups excluding carboxylic acids is 1. The van der Waals surface area contributed by atoms with Crippen LogP contribution in [0.2, 0.25) is 5.02 Å². The van der Waals surface area contributed by atoms with Crippen molar-refractivity contribution < 1.29 is 22.3 Å². The molecule has 0 aliphatic carbocycles. The Kier molecular flexibility index (Phi) is 6.29. The zero-order chi connectivity index (χ0) is 22.9. The van der Waals surface area contributed by atoms with Gasteiger partial charge in [-0.15, -0.1) is 0 Å². The molecule has 3 aromatic rings. The molecule has 0 unspecified atom stereocenters. The van der Waals surface area contributed by atoms with E-state index < -0.39 is 26.6 Å². The van der Waals surface area contributed by atoms with Crippen LogP contribution in [0.25, 0.3) is 5.69 Å². The summed E-state index contributed by atoms with van der Waals surface area (Å²) in [6.07, 6.45) is 1.41. The smallest absolute Gasteiger partial charge is 0.259 e. The molecule has 32 heavy (non-hydrogen) atoms. The summed E-state index contributed by atoms with van der Waals surface area (Å²) in [5, 5.41) is 7.46. The van der Waals surface area contributed by atoms with Gasteiger partial charge in [0.2, 0.25) is 10.0 Å². The zero-order valence-corrected chi connectivity index (χ0v) is 18.7. The van der Waals surface area contributed by atoms with Crippen molar-refractivity contribution in [1.29, 1.82) is 0 Å². The average molecular weight is 479 g/mol. The number of halogens is 2. The number of sulfonamides is 1. The van der Waals surface area contributed by atoms with Gasteiger partial charge in [-0.3, -0.25) is 4.79 Å². The van der Waals surface area contributed by atoms with E-state index in [9.17, 15) is 17.6 Å². The average Bonchev–Trinajstić information content (AvgIpc) is 3.17. The molecule has 1 aliphatic heterocycles. The van der Waals surface area contributed by atoms with E-state index in [-0.39, 0.29) is 32.0 Å². The van der Waals surface area contributed by atoms with Crippen LogP contribution in [-0.2, 0) is 14.8 Å². The van der Waals surface area contributed by atoms with Crippen LogP contribution in [0.3, 0.4) is 0 Å². The minimum absolute atomic E-state index is 0.140. The minimum atomic E-state index is -4.06. The second kappa shape index (κ2) is 8.99. The molecule has 1 aromatic heterocycles. The number of nitrogens with one attached hydrogen (secondary N) is 1. The van der Waals surface area contributed by atoms with Gasteiger partial charge in [0.25, 0.3) is 5.91 Å². The molecule has 1 N–H and O–H groups in total. The molecule has 8 nitrogen and oxygen atoms in total. The van der Waals surface area contributed by atoms with Gasteiger partial charge in [0.1, 0.15) is 10.7 Å². The number of aromatic nitrogens is 2. The molecule has 0 radical (unpaired) electrons. The number of carbonyl (C=O) groups is 1. The van der Waals surface area contributed by atoms with Crippen molar-refractivity contribution in [2.45, 2.75) is 11.8 Å². The SMILES string of the molecule is Cc1c(C(=O)Nc2ccc(F)c(S(=O)(=O)N3CCOCC3)c2)cnn1-c1ccc(Cl)cc1. The fraction of sp³-hybridized carbons (Fsp3) is 0.238. The molecule has 2 heterocycles. The lowest BCUT2D eigenvalue weighted by atomic mass is 10.2. The Labute approximate surface area is 189 Å². The summed E-state index contributed by atoms with van der Waals surface area (Å²) in [5.74, 6) is -1.38. The summed E-state index contributed by atoms with van der Waals surface area (Å²) in [4.78, 5) is 12.3. The Morgan fingerprint density at radius 1 is 1.16 bits per heavy atom. The van der Waals surface area contributed by atoms with Crippen molar-refractivity contribution in [3.63, 3.8) is 0 Å². The van der Waals surface area contributed by atoms with Crippen LogP contribution in [0.5, 0.6) is 0 Å². The predicted octanol–water partition coefficient (Wildman–Crippen LogP) is 3.25. The Morgan fingerprint density at radius 2 is 1.84 bits per heavy atom. The normalized spacial score (nSPS) is 15.0. The molecule has 2 aromatic carbocycles. The van der Waals surface area contributed by atoms with Gasteiger partial charge in [0.05, 0.1) is 36.4 Å². The van der Waals surface area contributed by atoms with E-state index in [4.69, 9.17) is 16.3 Å². The van der Waals surface area contributed by atoms with Gasteiger partial charge in [0.15, 0.2) is 0 Å². The van der Waals surface area contributed by atoms with Crippen molar-refractivity contribution >= 4 is 33.2 Å².